The lowest BCUT2D eigenvalue weighted by Crippen LogP contribution is -2.49. The summed E-state index contributed by atoms with van der Waals surface area (Å²) in [6.07, 6.45) is -2.22. The number of hydrogen-bond donors (Lipinski definition) is 3. The molecular formula is C6H12FNO2. The van der Waals surface area contributed by atoms with E-state index in [1.54, 1.807) is 0 Å². The van der Waals surface area contributed by atoms with Crippen molar-refractivity contribution in [3.8, 4) is 0 Å². The molecule has 3 atom stereocenters. The van der Waals surface area contributed by atoms with Gasteiger partial charge in [0.1, 0.15) is 6.17 Å². The van der Waals surface area contributed by atoms with Gasteiger partial charge in [-0.15, -0.1) is 0 Å². The number of halogens is 1. The van der Waals surface area contributed by atoms with E-state index < -0.39 is 12.3 Å². The van der Waals surface area contributed by atoms with Crippen molar-refractivity contribution in [2.24, 2.45) is 5.92 Å². The van der Waals surface area contributed by atoms with E-state index in [0.717, 1.165) is 0 Å². The maximum absolute atomic E-state index is 12.6. The van der Waals surface area contributed by atoms with Gasteiger partial charge in [0.2, 0.25) is 0 Å². The van der Waals surface area contributed by atoms with Gasteiger partial charge in [-0.3, -0.25) is 0 Å². The van der Waals surface area contributed by atoms with E-state index >= 15 is 0 Å². The summed E-state index contributed by atoms with van der Waals surface area (Å²) in [5, 5.41) is 20.4. The van der Waals surface area contributed by atoms with Gasteiger partial charge in [0.15, 0.2) is 0 Å². The zero-order chi connectivity index (χ0) is 7.56. The molecule has 0 amide bonds. The molecule has 0 aliphatic carbocycles. The molecule has 1 heterocycles. The predicted molar refractivity (Wildman–Crippen MR) is 34.3 cm³/mol. The Hall–Kier alpha value is -0.190. The third-order valence-electron chi connectivity index (χ3n) is 1.83. The van der Waals surface area contributed by atoms with E-state index in [1.165, 1.54) is 0 Å². The molecule has 1 fully saturated rings. The molecule has 1 aliphatic rings. The zero-order valence-electron chi connectivity index (χ0n) is 5.63. The molecule has 1 saturated heterocycles. The molecule has 3 N–H and O–H groups in total. The van der Waals surface area contributed by atoms with Crippen LogP contribution in [0.2, 0.25) is 0 Å². The topological polar surface area (TPSA) is 52.5 Å². The van der Waals surface area contributed by atoms with Crippen molar-refractivity contribution in [2.45, 2.75) is 12.3 Å². The molecule has 3 nitrogen and oxygen atoms in total. The van der Waals surface area contributed by atoms with Crippen LogP contribution in [0.4, 0.5) is 4.39 Å². The number of aliphatic hydroxyl groups excluding tert-OH is 2. The standard InChI is InChI=1S/C6H12FNO2/c7-5-2-8-1-4(3-9)6(5)10/h4-6,8-10H,1-3H2/t4-,5+,6-/m1/s1. The summed E-state index contributed by atoms with van der Waals surface area (Å²) in [4.78, 5) is 0. The van der Waals surface area contributed by atoms with Crippen molar-refractivity contribution in [3.63, 3.8) is 0 Å². The first kappa shape index (κ1) is 7.91. The highest BCUT2D eigenvalue weighted by molar-refractivity contribution is 4.83. The van der Waals surface area contributed by atoms with Gasteiger partial charge in [0.25, 0.3) is 0 Å². The van der Waals surface area contributed by atoms with E-state index in [2.05, 4.69) is 5.32 Å². The molecule has 0 aromatic carbocycles. The first-order valence-corrected chi connectivity index (χ1v) is 3.39. The Kier molecular flexibility index (Phi) is 2.59. The molecule has 0 unspecified atom stereocenters. The maximum Gasteiger partial charge on any atom is 0.139 e. The van der Waals surface area contributed by atoms with E-state index in [9.17, 15) is 4.39 Å². The molecule has 0 aromatic rings. The molecule has 0 aromatic heterocycles. The van der Waals surface area contributed by atoms with Gasteiger partial charge in [-0.1, -0.05) is 0 Å². The minimum atomic E-state index is -1.23. The van der Waals surface area contributed by atoms with Crippen LogP contribution in [0.5, 0.6) is 0 Å². The fourth-order valence-corrected chi connectivity index (χ4v) is 1.12. The Morgan fingerprint density at radius 2 is 2.20 bits per heavy atom. The summed E-state index contributed by atoms with van der Waals surface area (Å²) in [5.74, 6) is -0.344. The molecule has 60 valence electrons. The smallest absolute Gasteiger partial charge is 0.139 e. The molecule has 0 radical (unpaired) electrons. The Morgan fingerprint density at radius 3 is 2.70 bits per heavy atom. The van der Waals surface area contributed by atoms with Gasteiger partial charge in [-0.05, 0) is 0 Å². The fraction of sp³-hybridized carbons (Fsp3) is 1.00. The van der Waals surface area contributed by atoms with Crippen LogP contribution in [-0.4, -0.2) is 42.2 Å². The zero-order valence-corrected chi connectivity index (χ0v) is 5.63. The van der Waals surface area contributed by atoms with Crippen LogP contribution in [0.3, 0.4) is 0 Å². The van der Waals surface area contributed by atoms with E-state index in [-0.39, 0.29) is 19.1 Å². The number of aliphatic hydroxyl groups is 2. The van der Waals surface area contributed by atoms with Crippen molar-refractivity contribution < 1.29 is 14.6 Å². The number of alkyl halides is 1. The van der Waals surface area contributed by atoms with Gasteiger partial charge < -0.3 is 15.5 Å². The van der Waals surface area contributed by atoms with E-state index in [4.69, 9.17) is 10.2 Å². The van der Waals surface area contributed by atoms with Gasteiger partial charge in [0, 0.05) is 25.6 Å². The third kappa shape index (κ3) is 1.45. The number of rotatable bonds is 1. The second kappa shape index (κ2) is 3.27. The minimum Gasteiger partial charge on any atom is -0.396 e. The molecule has 0 spiro atoms. The first-order valence-electron chi connectivity index (χ1n) is 3.39. The number of nitrogens with one attached hydrogen (secondary N) is 1. The van der Waals surface area contributed by atoms with Crippen LogP contribution >= 0.6 is 0 Å². The van der Waals surface area contributed by atoms with Crippen LogP contribution in [0, 0.1) is 5.92 Å². The molecule has 0 bridgehead atoms. The molecule has 0 saturated carbocycles. The highest BCUT2D eigenvalue weighted by Gasteiger charge is 2.30. The second-order valence-corrected chi connectivity index (χ2v) is 2.61. The highest BCUT2D eigenvalue weighted by Crippen LogP contribution is 2.13. The summed E-state index contributed by atoms with van der Waals surface area (Å²) in [6, 6.07) is 0. The van der Waals surface area contributed by atoms with Gasteiger partial charge >= 0.3 is 0 Å². The molecule has 1 aliphatic heterocycles. The Bertz CT molecular complexity index is 112. The summed E-state index contributed by atoms with van der Waals surface area (Å²) in [7, 11) is 0. The third-order valence-corrected chi connectivity index (χ3v) is 1.83. The first-order chi connectivity index (χ1) is 4.75. The normalized spacial score (nSPS) is 41.7. The Morgan fingerprint density at radius 1 is 1.50 bits per heavy atom. The van der Waals surface area contributed by atoms with E-state index in [1.807, 2.05) is 0 Å². The average Bonchev–Trinajstić information content (AvgIpc) is 1.95. The molecule has 1 rings (SSSR count). The summed E-state index contributed by atoms with van der Waals surface area (Å²) in [5.41, 5.74) is 0. The monoisotopic (exact) mass is 149 g/mol. The highest BCUT2D eigenvalue weighted by atomic mass is 19.1. The van der Waals surface area contributed by atoms with Crippen molar-refractivity contribution >= 4 is 0 Å². The predicted octanol–water partition coefficient (Wildman–Crippen LogP) is -1.10. The van der Waals surface area contributed by atoms with E-state index in [0.29, 0.717) is 6.54 Å². The summed E-state index contributed by atoms with van der Waals surface area (Å²) < 4.78 is 12.6. The molecular weight excluding hydrogens is 137 g/mol. The number of hydrogen-bond acceptors (Lipinski definition) is 3. The lowest BCUT2D eigenvalue weighted by atomic mass is 9.96. The van der Waals surface area contributed by atoms with Crippen molar-refractivity contribution in [3.05, 3.63) is 0 Å². The van der Waals surface area contributed by atoms with Gasteiger partial charge in [-0.2, -0.15) is 0 Å². The van der Waals surface area contributed by atoms with Crippen LogP contribution in [0.15, 0.2) is 0 Å². The van der Waals surface area contributed by atoms with Gasteiger partial charge in [-0.25, -0.2) is 4.39 Å². The largest absolute Gasteiger partial charge is 0.396 e. The second-order valence-electron chi connectivity index (χ2n) is 2.61. The summed E-state index contributed by atoms with van der Waals surface area (Å²) in [6.45, 7) is 0.532. The van der Waals surface area contributed by atoms with Crippen LogP contribution in [-0.2, 0) is 0 Å². The van der Waals surface area contributed by atoms with Crippen molar-refractivity contribution in [1.82, 2.24) is 5.32 Å². The fourth-order valence-electron chi connectivity index (χ4n) is 1.12. The Labute approximate surface area is 58.9 Å². The van der Waals surface area contributed by atoms with Gasteiger partial charge in [0.05, 0.1) is 6.10 Å². The Balaban J connectivity index is 2.42. The lowest BCUT2D eigenvalue weighted by molar-refractivity contribution is -0.0122. The maximum atomic E-state index is 12.6. The minimum absolute atomic E-state index is 0.158. The molecule has 4 heteroatoms. The average molecular weight is 149 g/mol. The lowest BCUT2D eigenvalue weighted by Gasteiger charge is -2.29. The molecule has 10 heavy (non-hydrogen) atoms. The van der Waals surface area contributed by atoms with Crippen molar-refractivity contribution in [1.29, 1.82) is 0 Å². The van der Waals surface area contributed by atoms with Crippen LogP contribution in [0.25, 0.3) is 0 Å². The SMILES string of the molecule is OC[C@H]1CNC[C@H](F)[C@@H]1O. The summed E-state index contributed by atoms with van der Waals surface area (Å²) >= 11 is 0. The van der Waals surface area contributed by atoms with Crippen LogP contribution < -0.4 is 5.32 Å². The number of piperidine rings is 1. The van der Waals surface area contributed by atoms with Crippen LogP contribution in [0.1, 0.15) is 0 Å². The van der Waals surface area contributed by atoms with Crippen molar-refractivity contribution in [2.75, 3.05) is 19.7 Å². The quantitative estimate of drug-likeness (QED) is 0.443.